The van der Waals surface area contributed by atoms with Crippen LogP contribution in [0.5, 0.6) is 5.88 Å². The highest BCUT2D eigenvalue weighted by Crippen LogP contribution is 2.02. The largest absolute Gasteiger partial charge is 0.493 e. The Hall–Kier alpha value is -1.70. The third kappa shape index (κ3) is 1.32. The fourth-order valence-corrected chi connectivity index (χ4v) is 0.903. The van der Waals surface area contributed by atoms with Crippen molar-refractivity contribution in [1.82, 2.24) is 9.13 Å². The van der Waals surface area contributed by atoms with Gasteiger partial charge in [0.25, 0.3) is 0 Å². The molecule has 1 aromatic rings. The Kier molecular flexibility index (Phi) is 2.19. The number of aromatic nitrogens is 2. The van der Waals surface area contributed by atoms with Crippen molar-refractivity contribution in [2.24, 2.45) is 7.05 Å². The van der Waals surface area contributed by atoms with Gasteiger partial charge in [-0.15, -0.1) is 0 Å². The molecule has 0 saturated heterocycles. The van der Waals surface area contributed by atoms with Crippen LogP contribution in [-0.2, 0) is 13.6 Å². The molecule has 0 bridgehead atoms. The molecule has 5 heteroatoms. The second-order valence-electron chi connectivity index (χ2n) is 2.43. The summed E-state index contributed by atoms with van der Waals surface area (Å²) in [5.41, 5.74) is -0.303. The zero-order chi connectivity index (χ0) is 9.14. The van der Waals surface area contributed by atoms with E-state index in [2.05, 4.69) is 0 Å². The molecule has 0 unspecified atom stereocenters. The van der Waals surface area contributed by atoms with Gasteiger partial charge in [-0.25, -0.2) is 4.79 Å². The molecule has 1 heterocycles. The van der Waals surface area contributed by atoms with Crippen molar-refractivity contribution in [2.75, 3.05) is 0 Å². The van der Waals surface area contributed by atoms with E-state index in [-0.39, 0.29) is 18.0 Å². The summed E-state index contributed by atoms with van der Waals surface area (Å²) in [4.78, 5) is 11.2. The average Bonchev–Trinajstić information content (AvgIpc) is 2.30. The lowest BCUT2D eigenvalue weighted by atomic mass is 10.5. The zero-order valence-electron chi connectivity index (χ0n) is 6.69. The molecular formula is C7H9N3O2. The van der Waals surface area contributed by atoms with E-state index in [0.29, 0.717) is 6.54 Å². The first-order valence-corrected chi connectivity index (χ1v) is 3.49. The van der Waals surface area contributed by atoms with Crippen molar-refractivity contribution in [3.63, 3.8) is 0 Å². The molecule has 0 atom stereocenters. The third-order valence-corrected chi connectivity index (χ3v) is 1.61. The van der Waals surface area contributed by atoms with Crippen molar-refractivity contribution >= 4 is 0 Å². The maximum atomic E-state index is 11.2. The van der Waals surface area contributed by atoms with Crippen LogP contribution in [0, 0.1) is 11.3 Å². The molecule has 0 radical (unpaired) electrons. The summed E-state index contributed by atoms with van der Waals surface area (Å²) in [7, 11) is 1.47. The summed E-state index contributed by atoms with van der Waals surface area (Å²) in [5.74, 6) is -0.0852. The smallest absolute Gasteiger partial charge is 0.330 e. The van der Waals surface area contributed by atoms with Gasteiger partial charge in [0, 0.05) is 13.6 Å². The van der Waals surface area contributed by atoms with E-state index in [1.54, 1.807) is 0 Å². The van der Waals surface area contributed by atoms with Crippen LogP contribution in [0.4, 0.5) is 0 Å². The van der Waals surface area contributed by atoms with Crippen molar-refractivity contribution in [2.45, 2.75) is 13.0 Å². The van der Waals surface area contributed by atoms with Gasteiger partial charge in [-0.2, -0.15) is 5.26 Å². The quantitative estimate of drug-likeness (QED) is 0.663. The highest BCUT2D eigenvalue weighted by molar-refractivity contribution is 5.04. The fraction of sp³-hybridized carbons (Fsp3) is 0.429. The highest BCUT2D eigenvalue weighted by Gasteiger charge is 2.04. The lowest BCUT2D eigenvalue weighted by molar-refractivity contribution is 0.429. The second kappa shape index (κ2) is 3.13. The molecule has 0 spiro atoms. The molecule has 1 aromatic heterocycles. The van der Waals surface area contributed by atoms with E-state index >= 15 is 0 Å². The number of rotatable bonds is 2. The van der Waals surface area contributed by atoms with E-state index in [1.807, 2.05) is 6.07 Å². The first-order chi connectivity index (χ1) is 5.66. The van der Waals surface area contributed by atoms with E-state index in [1.165, 1.54) is 17.8 Å². The van der Waals surface area contributed by atoms with Crippen molar-refractivity contribution in [3.05, 3.63) is 16.7 Å². The number of hydrogen-bond acceptors (Lipinski definition) is 3. The summed E-state index contributed by atoms with van der Waals surface area (Å²) in [6.07, 6.45) is 1.59. The van der Waals surface area contributed by atoms with E-state index in [9.17, 15) is 4.79 Å². The van der Waals surface area contributed by atoms with Crippen LogP contribution in [0.2, 0.25) is 0 Å². The van der Waals surface area contributed by atoms with Gasteiger partial charge in [0.15, 0.2) is 0 Å². The van der Waals surface area contributed by atoms with Gasteiger partial charge in [-0.05, 0) is 0 Å². The topological polar surface area (TPSA) is 70.9 Å². The Balaban J connectivity index is 2.96. The standard InChI is InChI=1S/C7H9N3O2/c1-9-6(11)5-10(7(9)12)4-2-3-8/h5,11H,2,4H2,1H3. The molecule has 64 valence electrons. The molecule has 0 aromatic carbocycles. The fourth-order valence-electron chi connectivity index (χ4n) is 0.903. The van der Waals surface area contributed by atoms with Crippen molar-refractivity contribution in [3.8, 4) is 11.9 Å². The molecule has 0 aliphatic carbocycles. The first-order valence-electron chi connectivity index (χ1n) is 3.49. The van der Waals surface area contributed by atoms with Crippen LogP contribution in [0.1, 0.15) is 6.42 Å². The summed E-state index contributed by atoms with van der Waals surface area (Å²) in [6, 6.07) is 1.92. The molecule has 0 amide bonds. The van der Waals surface area contributed by atoms with Crippen LogP contribution in [-0.4, -0.2) is 14.2 Å². The molecule has 0 saturated carbocycles. The van der Waals surface area contributed by atoms with Gasteiger partial charge in [0.05, 0.1) is 18.7 Å². The molecule has 0 fully saturated rings. The number of aryl methyl sites for hydroxylation is 1. The minimum atomic E-state index is -0.303. The number of hydrogen-bond donors (Lipinski definition) is 1. The Labute approximate surface area is 69.1 Å². The number of aromatic hydroxyl groups is 1. The van der Waals surface area contributed by atoms with Crippen LogP contribution in [0.3, 0.4) is 0 Å². The van der Waals surface area contributed by atoms with E-state index in [0.717, 1.165) is 4.57 Å². The Morgan fingerprint density at radius 1 is 1.75 bits per heavy atom. The summed E-state index contributed by atoms with van der Waals surface area (Å²) < 4.78 is 2.43. The van der Waals surface area contributed by atoms with E-state index < -0.39 is 0 Å². The number of nitrogens with zero attached hydrogens (tertiary/aromatic N) is 3. The van der Waals surface area contributed by atoms with Gasteiger partial charge in [0.1, 0.15) is 0 Å². The molecule has 5 nitrogen and oxygen atoms in total. The second-order valence-corrected chi connectivity index (χ2v) is 2.43. The summed E-state index contributed by atoms with van der Waals surface area (Å²) >= 11 is 0. The number of nitriles is 1. The lowest BCUT2D eigenvalue weighted by Gasteiger charge is -1.92. The van der Waals surface area contributed by atoms with Gasteiger partial charge >= 0.3 is 5.69 Å². The van der Waals surface area contributed by atoms with Crippen LogP contribution in [0.15, 0.2) is 11.0 Å². The lowest BCUT2D eigenvalue weighted by Crippen LogP contribution is -2.21. The van der Waals surface area contributed by atoms with Gasteiger partial charge in [-0.3, -0.25) is 9.13 Å². The predicted octanol–water partition coefficient (Wildman–Crippen LogP) is -0.194. The summed E-state index contributed by atoms with van der Waals surface area (Å²) in [6.45, 7) is 0.323. The number of imidazole rings is 1. The van der Waals surface area contributed by atoms with Gasteiger partial charge in [0.2, 0.25) is 5.88 Å². The van der Waals surface area contributed by atoms with Crippen molar-refractivity contribution < 1.29 is 5.11 Å². The van der Waals surface area contributed by atoms with Gasteiger partial charge < -0.3 is 5.11 Å². The van der Waals surface area contributed by atoms with E-state index in [4.69, 9.17) is 10.4 Å². The van der Waals surface area contributed by atoms with Crippen LogP contribution < -0.4 is 5.69 Å². The highest BCUT2D eigenvalue weighted by atomic mass is 16.3. The maximum Gasteiger partial charge on any atom is 0.330 e. The minimum absolute atomic E-state index is 0.0852. The molecule has 0 aliphatic rings. The Morgan fingerprint density at radius 3 is 2.83 bits per heavy atom. The average molecular weight is 167 g/mol. The monoisotopic (exact) mass is 167 g/mol. The normalized spacial score (nSPS) is 9.67. The van der Waals surface area contributed by atoms with Crippen molar-refractivity contribution in [1.29, 1.82) is 5.26 Å². The third-order valence-electron chi connectivity index (χ3n) is 1.61. The molecule has 12 heavy (non-hydrogen) atoms. The first kappa shape index (κ1) is 8.40. The van der Waals surface area contributed by atoms with Crippen LogP contribution >= 0.6 is 0 Å². The van der Waals surface area contributed by atoms with Crippen LogP contribution in [0.25, 0.3) is 0 Å². The molecule has 1 rings (SSSR count). The zero-order valence-corrected chi connectivity index (χ0v) is 6.69. The SMILES string of the molecule is Cn1c(O)cn(CCC#N)c1=O. The predicted molar refractivity (Wildman–Crippen MR) is 41.6 cm³/mol. The minimum Gasteiger partial charge on any atom is -0.493 e. The van der Waals surface area contributed by atoms with Gasteiger partial charge in [-0.1, -0.05) is 0 Å². The molecule has 0 aliphatic heterocycles. The molecular weight excluding hydrogens is 158 g/mol. The summed E-state index contributed by atoms with van der Waals surface area (Å²) in [5, 5.41) is 17.3. The Morgan fingerprint density at radius 2 is 2.42 bits per heavy atom. The maximum absolute atomic E-state index is 11.2. The Bertz CT molecular complexity index is 369. The molecule has 1 N–H and O–H groups in total.